The Kier molecular flexibility index (Phi) is 4.66. The van der Waals surface area contributed by atoms with Gasteiger partial charge in [0, 0.05) is 13.1 Å². The van der Waals surface area contributed by atoms with Crippen LogP contribution in [0.2, 0.25) is 0 Å². The quantitative estimate of drug-likeness (QED) is 0.893. The molecule has 1 saturated carbocycles. The molecule has 1 unspecified atom stereocenters. The molecule has 23 heavy (non-hydrogen) atoms. The van der Waals surface area contributed by atoms with Crippen LogP contribution in [0.4, 0.5) is 0 Å². The van der Waals surface area contributed by atoms with Crippen LogP contribution in [0.1, 0.15) is 50.1 Å². The molecule has 5 heteroatoms. The summed E-state index contributed by atoms with van der Waals surface area (Å²) in [5.74, 6) is -0.274. The van der Waals surface area contributed by atoms with Crippen molar-refractivity contribution < 1.29 is 14.7 Å². The summed E-state index contributed by atoms with van der Waals surface area (Å²) in [7, 11) is 0. The number of benzene rings is 1. The lowest BCUT2D eigenvalue weighted by atomic mass is 9.82. The van der Waals surface area contributed by atoms with Crippen LogP contribution in [0.3, 0.4) is 0 Å². The van der Waals surface area contributed by atoms with Crippen LogP contribution < -0.4 is 5.32 Å². The first kappa shape index (κ1) is 16.0. The fraction of sp³-hybridized carbons (Fsp3) is 0.556. The van der Waals surface area contributed by atoms with E-state index in [1.165, 1.54) is 0 Å². The Morgan fingerprint density at radius 1 is 1.22 bits per heavy atom. The van der Waals surface area contributed by atoms with E-state index in [1.807, 2.05) is 30.3 Å². The number of hydrogen-bond donors (Lipinski definition) is 2. The number of nitrogens with zero attached hydrogens (tertiary/aromatic N) is 1. The van der Waals surface area contributed by atoms with E-state index < -0.39 is 11.6 Å². The number of piperazine rings is 1. The normalized spacial score (nSPS) is 24.1. The minimum Gasteiger partial charge on any atom is -0.389 e. The Morgan fingerprint density at radius 3 is 2.61 bits per heavy atom. The molecule has 1 atom stereocenters. The highest BCUT2D eigenvalue weighted by Gasteiger charge is 2.38. The van der Waals surface area contributed by atoms with Gasteiger partial charge in [-0.25, -0.2) is 0 Å². The first-order valence-corrected chi connectivity index (χ1v) is 8.44. The second kappa shape index (κ2) is 6.71. The molecule has 3 rings (SSSR count). The number of carbonyl (C=O) groups is 2. The van der Waals surface area contributed by atoms with Crippen molar-refractivity contribution in [2.24, 2.45) is 0 Å². The Labute approximate surface area is 136 Å². The molecule has 2 fully saturated rings. The summed E-state index contributed by atoms with van der Waals surface area (Å²) in [4.78, 5) is 26.7. The van der Waals surface area contributed by atoms with Crippen LogP contribution in [-0.4, -0.2) is 40.5 Å². The lowest BCUT2D eigenvalue weighted by Gasteiger charge is -2.38. The van der Waals surface area contributed by atoms with Crippen LogP contribution in [0, 0.1) is 0 Å². The Hall–Kier alpha value is -1.88. The second-order valence-electron chi connectivity index (χ2n) is 6.65. The Balaban J connectivity index is 1.78. The highest BCUT2D eigenvalue weighted by molar-refractivity contribution is 5.90. The van der Waals surface area contributed by atoms with Crippen LogP contribution in [0.15, 0.2) is 30.3 Å². The van der Waals surface area contributed by atoms with Crippen LogP contribution in [0.25, 0.3) is 0 Å². The maximum Gasteiger partial charge on any atom is 0.247 e. The third-order valence-electron chi connectivity index (χ3n) is 4.91. The largest absolute Gasteiger partial charge is 0.389 e. The summed E-state index contributed by atoms with van der Waals surface area (Å²) in [6.07, 6.45) is 4.52. The summed E-state index contributed by atoms with van der Waals surface area (Å²) < 4.78 is 0. The van der Waals surface area contributed by atoms with Crippen molar-refractivity contribution in [1.82, 2.24) is 10.2 Å². The molecule has 1 heterocycles. The Bertz CT molecular complexity index is 567. The van der Waals surface area contributed by atoms with Gasteiger partial charge in [-0.1, -0.05) is 49.6 Å². The van der Waals surface area contributed by atoms with Crippen molar-refractivity contribution in [2.75, 3.05) is 13.1 Å². The lowest BCUT2D eigenvalue weighted by Crippen LogP contribution is -2.53. The standard InChI is InChI=1S/C18H24N2O3/c21-15(13-18(23)9-5-2-6-10-18)20-12-11-19-17(22)16(20)14-7-3-1-4-8-14/h1,3-4,7-8,16,23H,2,5-6,9-13H2,(H,19,22). The molecule has 0 spiro atoms. The van der Waals surface area contributed by atoms with E-state index in [9.17, 15) is 14.7 Å². The first-order valence-electron chi connectivity index (χ1n) is 8.44. The monoisotopic (exact) mass is 316 g/mol. The van der Waals surface area contributed by atoms with Crippen LogP contribution in [0.5, 0.6) is 0 Å². The van der Waals surface area contributed by atoms with Crippen molar-refractivity contribution in [2.45, 2.75) is 50.2 Å². The molecule has 2 N–H and O–H groups in total. The highest BCUT2D eigenvalue weighted by atomic mass is 16.3. The topological polar surface area (TPSA) is 69.6 Å². The molecule has 124 valence electrons. The molecule has 0 bridgehead atoms. The SMILES string of the molecule is O=C1NCCN(C(=O)CC2(O)CCCCC2)C1c1ccccc1. The third-order valence-corrected chi connectivity index (χ3v) is 4.91. The average Bonchev–Trinajstić information content (AvgIpc) is 2.55. The fourth-order valence-corrected chi connectivity index (χ4v) is 3.67. The van der Waals surface area contributed by atoms with E-state index in [0.29, 0.717) is 25.9 Å². The van der Waals surface area contributed by atoms with E-state index in [-0.39, 0.29) is 18.2 Å². The third kappa shape index (κ3) is 3.55. The molecular weight excluding hydrogens is 292 g/mol. The number of nitrogens with one attached hydrogen (secondary N) is 1. The molecule has 5 nitrogen and oxygen atoms in total. The van der Waals surface area contributed by atoms with E-state index in [2.05, 4.69) is 5.32 Å². The minimum absolute atomic E-state index is 0.115. The molecule has 0 aromatic heterocycles. The molecular formula is C18H24N2O3. The lowest BCUT2D eigenvalue weighted by molar-refractivity contribution is -0.148. The summed E-state index contributed by atoms with van der Waals surface area (Å²) in [6, 6.07) is 8.77. The molecule has 1 saturated heterocycles. The minimum atomic E-state index is -0.898. The average molecular weight is 316 g/mol. The van der Waals surface area contributed by atoms with Gasteiger partial charge in [-0.15, -0.1) is 0 Å². The maximum absolute atomic E-state index is 12.8. The van der Waals surface area contributed by atoms with E-state index >= 15 is 0 Å². The number of amides is 2. The number of aliphatic hydroxyl groups is 1. The molecule has 2 amide bonds. The van der Waals surface area contributed by atoms with Gasteiger partial charge in [0.05, 0.1) is 12.0 Å². The number of hydrogen-bond acceptors (Lipinski definition) is 3. The summed E-state index contributed by atoms with van der Waals surface area (Å²) >= 11 is 0. The summed E-state index contributed by atoms with van der Waals surface area (Å²) in [5.41, 5.74) is -0.0847. The van der Waals surface area contributed by atoms with Gasteiger partial charge < -0.3 is 15.3 Å². The van der Waals surface area contributed by atoms with E-state index in [4.69, 9.17) is 0 Å². The Morgan fingerprint density at radius 2 is 1.91 bits per heavy atom. The predicted octanol–water partition coefficient (Wildman–Crippen LogP) is 1.77. The van der Waals surface area contributed by atoms with Crippen molar-refractivity contribution >= 4 is 11.8 Å². The van der Waals surface area contributed by atoms with Crippen molar-refractivity contribution in [1.29, 1.82) is 0 Å². The second-order valence-corrected chi connectivity index (χ2v) is 6.65. The zero-order valence-corrected chi connectivity index (χ0v) is 13.3. The van der Waals surface area contributed by atoms with Crippen molar-refractivity contribution in [3.63, 3.8) is 0 Å². The smallest absolute Gasteiger partial charge is 0.247 e. The fourth-order valence-electron chi connectivity index (χ4n) is 3.67. The number of carbonyl (C=O) groups excluding carboxylic acids is 2. The molecule has 2 aliphatic rings. The first-order chi connectivity index (χ1) is 11.1. The van der Waals surface area contributed by atoms with E-state index in [0.717, 1.165) is 24.8 Å². The maximum atomic E-state index is 12.8. The van der Waals surface area contributed by atoms with Crippen LogP contribution in [-0.2, 0) is 9.59 Å². The van der Waals surface area contributed by atoms with Gasteiger partial charge in [0.1, 0.15) is 6.04 Å². The van der Waals surface area contributed by atoms with Crippen molar-refractivity contribution in [3.05, 3.63) is 35.9 Å². The van der Waals surface area contributed by atoms with Gasteiger partial charge in [0.15, 0.2) is 0 Å². The summed E-state index contributed by atoms with van der Waals surface area (Å²) in [5, 5.41) is 13.5. The zero-order chi connectivity index (χ0) is 16.3. The molecule has 1 aliphatic heterocycles. The van der Waals surface area contributed by atoms with Gasteiger partial charge in [-0.2, -0.15) is 0 Å². The molecule has 0 radical (unpaired) electrons. The molecule has 1 aromatic rings. The van der Waals surface area contributed by atoms with Gasteiger partial charge in [-0.05, 0) is 18.4 Å². The van der Waals surface area contributed by atoms with Gasteiger partial charge in [0.2, 0.25) is 11.8 Å². The zero-order valence-electron chi connectivity index (χ0n) is 13.3. The van der Waals surface area contributed by atoms with Gasteiger partial charge in [-0.3, -0.25) is 9.59 Å². The van der Waals surface area contributed by atoms with Crippen molar-refractivity contribution in [3.8, 4) is 0 Å². The van der Waals surface area contributed by atoms with Crippen LogP contribution >= 0.6 is 0 Å². The highest BCUT2D eigenvalue weighted by Crippen LogP contribution is 2.33. The predicted molar refractivity (Wildman–Crippen MR) is 86.6 cm³/mol. The van der Waals surface area contributed by atoms with Gasteiger partial charge in [0.25, 0.3) is 0 Å². The number of rotatable bonds is 3. The summed E-state index contributed by atoms with van der Waals surface area (Å²) in [6.45, 7) is 0.951. The van der Waals surface area contributed by atoms with Gasteiger partial charge >= 0.3 is 0 Å². The molecule has 1 aliphatic carbocycles. The van der Waals surface area contributed by atoms with E-state index in [1.54, 1.807) is 4.90 Å². The molecule has 1 aromatic carbocycles.